The zero-order chi connectivity index (χ0) is 16.2. The highest BCUT2D eigenvalue weighted by molar-refractivity contribution is 6.32. The summed E-state index contributed by atoms with van der Waals surface area (Å²) in [5.74, 6) is 1.13. The van der Waals surface area contributed by atoms with Crippen LogP contribution in [-0.2, 0) is 0 Å². The largest absolute Gasteiger partial charge is 0.456 e. The first-order valence-electron chi connectivity index (χ1n) is 7.56. The maximum absolute atomic E-state index is 12.5. The van der Waals surface area contributed by atoms with Crippen LogP contribution in [-0.4, -0.2) is 34.9 Å². The standard InChI is InChI=1S/C17H18ClN3O2.2ClH/c18-15-11-12(17(22)21-9-5-13(19)6-10-21)1-2-16(15)23-14-3-7-20-8-4-14;;/h1-4,7-8,11,13H,5-6,9-10,19H2;2*1H. The molecule has 0 spiro atoms. The lowest BCUT2D eigenvalue weighted by Gasteiger charge is -2.30. The molecule has 25 heavy (non-hydrogen) atoms. The monoisotopic (exact) mass is 403 g/mol. The number of likely N-dealkylation sites (tertiary alicyclic amines) is 1. The normalized spacial score (nSPS) is 14.2. The first-order valence-corrected chi connectivity index (χ1v) is 7.93. The Kier molecular flexibility index (Phi) is 8.45. The lowest BCUT2D eigenvalue weighted by Crippen LogP contribution is -2.42. The highest BCUT2D eigenvalue weighted by Gasteiger charge is 2.22. The average molecular weight is 405 g/mol. The van der Waals surface area contributed by atoms with Crippen LogP contribution in [0.15, 0.2) is 42.7 Å². The Labute approximate surface area is 164 Å². The van der Waals surface area contributed by atoms with Gasteiger partial charge < -0.3 is 15.4 Å². The molecule has 136 valence electrons. The summed E-state index contributed by atoms with van der Waals surface area (Å²) in [6.45, 7) is 1.37. The number of hydrogen-bond acceptors (Lipinski definition) is 4. The number of pyridine rings is 1. The minimum absolute atomic E-state index is 0. The van der Waals surface area contributed by atoms with Crippen molar-refractivity contribution < 1.29 is 9.53 Å². The molecule has 0 saturated carbocycles. The van der Waals surface area contributed by atoms with Crippen molar-refractivity contribution in [3.63, 3.8) is 0 Å². The van der Waals surface area contributed by atoms with Crippen LogP contribution in [0.1, 0.15) is 23.2 Å². The molecule has 0 unspecified atom stereocenters. The van der Waals surface area contributed by atoms with Crippen LogP contribution in [0.3, 0.4) is 0 Å². The summed E-state index contributed by atoms with van der Waals surface area (Å²) < 4.78 is 5.69. The Bertz CT molecular complexity index is 693. The Morgan fingerprint density at radius 2 is 1.80 bits per heavy atom. The van der Waals surface area contributed by atoms with Gasteiger partial charge in [-0.05, 0) is 43.2 Å². The molecule has 8 heteroatoms. The van der Waals surface area contributed by atoms with E-state index in [2.05, 4.69) is 4.98 Å². The van der Waals surface area contributed by atoms with Gasteiger partial charge in [-0.1, -0.05) is 11.6 Å². The Balaban J connectivity index is 0.00000156. The van der Waals surface area contributed by atoms with Gasteiger partial charge in [0.2, 0.25) is 0 Å². The molecule has 2 heterocycles. The van der Waals surface area contributed by atoms with Gasteiger partial charge in [0.15, 0.2) is 0 Å². The number of nitrogens with zero attached hydrogens (tertiary/aromatic N) is 2. The number of rotatable bonds is 3. The lowest BCUT2D eigenvalue weighted by molar-refractivity contribution is 0.0714. The third-order valence-electron chi connectivity index (χ3n) is 3.88. The molecule has 0 atom stereocenters. The summed E-state index contributed by atoms with van der Waals surface area (Å²) in [5, 5.41) is 0.404. The molecule has 1 aliphatic rings. The predicted octanol–water partition coefficient (Wildman–Crippen LogP) is 3.93. The van der Waals surface area contributed by atoms with Crippen molar-refractivity contribution >= 4 is 42.3 Å². The number of hydrogen-bond donors (Lipinski definition) is 1. The number of nitrogens with two attached hydrogens (primary N) is 1. The van der Waals surface area contributed by atoms with Crippen LogP contribution >= 0.6 is 36.4 Å². The van der Waals surface area contributed by atoms with Crippen LogP contribution in [0.2, 0.25) is 5.02 Å². The number of carbonyl (C=O) groups excluding carboxylic acids is 1. The van der Waals surface area contributed by atoms with Gasteiger partial charge >= 0.3 is 0 Å². The summed E-state index contributed by atoms with van der Waals surface area (Å²) in [5.41, 5.74) is 6.44. The summed E-state index contributed by atoms with van der Waals surface area (Å²) in [7, 11) is 0. The van der Waals surface area contributed by atoms with Crippen molar-refractivity contribution in [1.29, 1.82) is 0 Å². The van der Waals surface area contributed by atoms with Gasteiger partial charge in [-0.25, -0.2) is 0 Å². The molecular formula is C17H20Cl3N3O2. The van der Waals surface area contributed by atoms with Crippen molar-refractivity contribution in [1.82, 2.24) is 9.88 Å². The second-order valence-corrected chi connectivity index (χ2v) is 5.97. The van der Waals surface area contributed by atoms with Crippen molar-refractivity contribution in [2.24, 2.45) is 5.73 Å². The fourth-order valence-electron chi connectivity index (χ4n) is 2.54. The van der Waals surface area contributed by atoms with Gasteiger partial charge in [0.1, 0.15) is 11.5 Å². The van der Waals surface area contributed by atoms with Gasteiger partial charge in [-0.2, -0.15) is 0 Å². The summed E-state index contributed by atoms with van der Waals surface area (Å²) in [4.78, 5) is 18.3. The van der Waals surface area contributed by atoms with Crippen LogP contribution in [0, 0.1) is 0 Å². The van der Waals surface area contributed by atoms with Gasteiger partial charge in [0.25, 0.3) is 5.91 Å². The molecular weight excluding hydrogens is 385 g/mol. The van der Waals surface area contributed by atoms with Crippen molar-refractivity contribution in [2.75, 3.05) is 13.1 Å². The molecule has 1 saturated heterocycles. The first kappa shape index (κ1) is 21.5. The molecule has 2 N–H and O–H groups in total. The van der Waals surface area contributed by atoms with Crippen molar-refractivity contribution in [3.8, 4) is 11.5 Å². The molecule has 2 aromatic rings. The maximum atomic E-state index is 12.5. The van der Waals surface area contributed by atoms with E-state index in [0.29, 0.717) is 35.2 Å². The number of amides is 1. The van der Waals surface area contributed by atoms with E-state index in [0.717, 1.165) is 12.8 Å². The fraction of sp³-hybridized carbons (Fsp3) is 0.294. The number of ether oxygens (including phenoxy) is 1. The second kappa shape index (κ2) is 9.82. The Morgan fingerprint density at radius 3 is 2.40 bits per heavy atom. The number of carbonyl (C=O) groups is 1. The lowest BCUT2D eigenvalue weighted by atomic mass is 10.0. The molecule has 1 aromatic carbocycles. The zero-order valence-corrected chi connectivity index (χ0v) is 15.8. The zero-order valence-electron chi connectivity index (χ0n) is 13.4. The fourth-order valence-corrected chi connectivity index (χ4v) is 2.75. The molecule has 1 fully saturated rings. The number of piperidine rings is 1. The van der Waals surface area contributed by atoms with Gasteiger partial charge in [-0.3, -0.25) is 9.78 Å². The van der Waals surface area contributed by atoms with Crippen molar-refractivity contribution in [3.05, 3.63) is 53.3 Å². The molecule has 0 aliphatic carbocycles. The third-order valence-corrected chi connectivity index (χ3v) is 4.18. The van der Waals surface area contributed by atoms with Crippen LogP contribution < -0.4 is 10.5 Å². The van der Waals surface area contributed by atoms with E-state index < -0.39 is 0 Å². The molecule has 0 radical (unpaired) electrons. The minimum atomic E-state index is -0.0192. The number of halogens is 3. The Morgan fingerprint density at radius 1 is 1.16 bits per heavy atom. The number of benzene rings is 1. The predicted molar refractivity (Wildman–Crippen MR) is 103 cm³/mol. The highest BCUT2D eigenvalue weighted by Crippen LogP contribution is 2.30. The second-order valence-electron chi connectivity index (χ2n) is 5.56. The van der Waals surface area contributed by atoms with E-state index in [4.69, 9.17) is 22.1 Å². The SMILES string of the molecule is Cl.Cl.NC1CCN(C(=O)c2ccc(Oc3ccncc3)c(Cl)c2)CC1. The van der Waals surface area contributed by atoms with E-state index in [1.807, 2.05) is 4.90 Å². The molecule has 3 rings (SSSR count). The van der Waals surface area contributed by atoms with Crippen LogP contribution in [0.4, 0.5) is 0 Å². The van der Waals surface area contributed by atoms with E-state index in [1.165, 1.54) is 0 Å². The summed E-state index contributed by atoms with van der Waals surface area (Å²) in [6.07, 6.45) is 4.95. The minimum Gasteiger partial charge on any atom is -0.456 e. The summed E-state index contributed by atoms with van der Waals surface area (Å²) in [6, 6.07) is 8.78. The van der Waals surface area contributed by atoms with Crippen molar-refractivity contribution in [2.45, 2.75) is 18.9 Å². The average Bonchev–Trinajstić information content (AvgIpc) is 2.58. The van der Waals surface area contributed by atoms with Crippen LogP contribution in [0.25, 0.3) is 0 Å². The van der Waals surface area contributed by atoms with E-state index in [9.17, 15) is 4.79 Å². The van der Waals surface area contributed by atoms with Gasteiger partial charge in [0, 0.05) is 37.1 Å². The Hall–Kier alpha value is -1.53. The summed E-state index contributed by atoms with van der Waals surface area (Å²) >= 11 is 6.25. The quantitative estimate of drug-likeness (QED) is 0.841. The van der Waals surface area contributed by atoms with E-state index >= 15 is 0 Å². The molecule has 1 aromatic heterocycles. The third kappa shape index (κ3) is 5.47. The molecule has 0 bridgehead atoms. The van der Waals surface area contributed by atoms with Crippen LogP contribution in [0.5, 0.6) is 11.5 Å². The highest BCUT2D eigenvalue weighted by atomic mass is 35.5. The maximum Gasteiger partial charge on any atom is 0.253 e. The molecule has 1 amide bonds. The van der Waals surface area contributed by atoms with E-state index in [-0.39, 0.29) is 36.8 Å². The van der Waals surface area contributed by atoms with Gasteiger partial charge in [-0.15, -0.1) is 24.8 Å². The van der Waals surface area contributed by atoms with E-state index in [1.54, 1.807) is 42.7 Å². The van der Waals surface area contributed by atoms with Gasteiger partial charge in [0.05, 0.1) is 5.02 Å². The molecule has 1 aliphatic heterocycles. The topological polar surface area (TPSA) is 68.5 Å². The smallest absolute Gasteiger partial charge is 0.253 e. The number of aromatic nitrogens is 1. The first-order chi connectivity index (χ1) is 11.1. The molecule has 5 nitrogen and oxygen atoms in total.